The highest BCUT2D eigenvalue weighted by Gasteiger charge is 2.30. The fourth-order valence-corrected chi connectivity index (χ4v) is 2.43. The van der Waals surface area contributed by atoms with Crippen LogP contribution < -0.4 is 4.90 Å². The number of aliphatic carboxylic acids is 1. The first-order valence-electron chi connectivity index (χ1n) is 6.31. The summed E-state index contributed by atoms with van der Waals surface area (Å²) in [6.07, 6.45) is 1.75. The third kappa shape index (κ3) is 2.82. The average molecular weight is 248 g/mol. The normalized spacial score (nSPS) is 20.0. The van der Waals surface area contributed by atoms with E-state index in [0.717, 1.165) is 31.6 Å². The van der Waals surface area contributed by atoms with Crippen LogP contribution in [0.4, 0.5) is 5.69 Å². The molecule has 0 spiro atoms. The molecular weight excluding hydrogens is 228 g/mol. The maximum Gasteiger partial charge on any atom is 0.320 e. The smallest absolute Gasteiger partial charge is 0.320 e. The maximum atomic E-state index is 11.1. The summed E-state index contributed by atoms with van der Waals surface area (Å²) in [6, 6.07) is 7.99. The number of hydrogen-bond acceptors (Lipinski definition) is 3. The standard InChI is InChI=1S/C14H20N2O2/c1-15(2)12-7-5-11(6-8-12)10-16-9-3-4-13(16)14(17)18/h5-8,13H,3-4,9-10H2,1-2H3,(H,17,18). The summed E-state index contributed by atoms with van der Waals surface area (Å²) in [5.74, 6) is -0.697. The van der Waals surface area contributed by atoms with E-state index in [1.54, 1.807) is 0 Å². The van der Waals surface area contributed by atoms with E-state index in [1.807, 2.05) is 19.0 Å². The van der Waals surface area contributed by atoms with Gasteiger partial charge >= 0.3 is 5.97 Å². The second kappa shape index (κ2) is 5.40. The van der Waals surface area contributed by atoms with Crippen molar-refractivity contribution in [1.82, 2.24) is 4.90 Å². The Morgan fingerprint density at radius 2 is 2.06 bits per heavy atom. The average Bonchev–Trinajstić information content (AvgIpc) is 2.78. The molecule has 0 aromatic heterocycles. The van der Waals surface area contributed by atoms with Crippen molar-refractivity contribution in [3.8, 4) is 0 Å². The van der Waals surface area contributed by atoms with E-state index in [2.05, 4.69) is 29.2 Å². The number of hydrogen-bond donors (Lipinski definition) is 1. The zero-order chi connectivity index (χ0) is 13.1. The summed E-state index contributed by atoms with van der Waals surface area (Å²) in [7, 11) is 4.02. The van der Waals surface area contributed by atoms with Crippen LogP contribution >= 0.6 is 0 Å². The van der Waals surface area contributed by atoms with Crippen LogP contribution in [0.25, 0.3) is 0 Å². The van der Waals surface area contributed by atoms with Crippen molar-refractivity contribution in [1.29, 1.82) is 0 Å². The van der Waals surface area contributed by atoms with E-state index in [1.165, 1.54) is 5.56 Å². The molecule has 1 saturated heterocycles. The highest BCUT2D eigenvalue weighted by atomic mass is 16.4. The Morgan fingerprint density at radius 1 is 1.39 bits per heavy atom. The molecule has 0 amide bonds. The molecule has 4 heteroatoms. The molecule has 0 saturated carbocycles. The van der Waals surface area contributed by atoms with Gasteiger partial charge in [-0.25, -0.2) is 0 Å². The predicted molar refractivity (Wildman–Crippen MR) is 71.8 cm³/mol. The number of carboxylic acids is 1. The minimum absolute atomic E-state index is 0.307. The van der Waals surface area contributed by atoms with E-state index in [-0.39, 0.29) is 6.04 Å². The van der Waals surface area contributed by atoms with Crippen LogP contribution in [0.3, 0.4) is 0 Å². The van der Waals surface area contributed by atoms with Gasteiger partial charge in [0.25, 0.3) is 0 Å². The number of carbonyl (C=O) groups is 1. The monoisotopic (exact) mass is 248 g/mol. The summed E-state index contributed by atoms with van der Waals surface area (Å²) in [4.78, 5) is 15.2. The van der Waals surface area contributed by atoms with Crippen molar-refractivity contribution in [3.63, 3.8) is 0 Å². The number of benzene rings is 1. The summed E-state index contributed by atoms with van der Waals surface area (Å²) < 4.78 is 0. The van der Waals surface area contributed by atoms with Gasteiger partial charge in [0.05, 0.1) is 0 Å². The van der Waals surface area contributed by atoms with Crippen molar-refractivity contribution in [2.24, 2.45) is 0 Å². The van der Waals surface area contributed by atoms with Crippen molar-refractivity contribution in [3.05, 3.63) is 29.8 Å². The first kappa shape index (κ1) is 12.9. The lowest BCUT2D eigenvalue weighted by Gasteiger charge is -2.21. The van der Waals surface area contributed by atoms with Gasteiger partial charge in [0.15, 0.2) is 0 Å². The van der Waals surface area contributed by atoms with Gasteiger partial charge < -0.3 is 10.0 Å². The third-order valence-electron chi connectivity index (χ3n) is 3.49. The molecule has 1 aliphatic heterocycles. The van der Waals surface area contributed by atoms with Crippen molar-refractivity contribution in [2.45, 2.75) is 25.4 Å². The molecule has 0 aliphatic carbocycles. The Labute approximate surface area is 108 Å². The molecule has 1 aliphatic rings. The highest BCUT2D eigenvalue weighted by Crippen LogP contribution is 2.21. The van der Waals surface area contributed by atoms with Crippen LogP contribution in [-0.2, 0) is 11.3 Å². The van der Waals surface area contributed by atoms with Crippen LogP contribution in [0.15, 0.2) is 24.3 Å². The first-order valence-corrected chi connectivity index (χ1v) is 6.31. The maximum absolute atomic E-state index is 11.1. The van der Waals surface area contributed by atoms with Crippen LogP contribution in [0.1, 0.15) is 18.4 Å². The topological polar surface area (TPSA) is 43.8 Å². The molecule has 1 N–H and O–H groups in total. The van der Waals surface area contributed by atoms with Crippen LogP contribution in [0.2, 0.25) is 0 Å². The molecule has 0 bridgehead atoms. The number of rotatable bonds is 4. The number of anilines is 1. The van der Waals surface area contributed by atoms with Crippen molar-refractivity contribution >= 4 is 11.7 Å². The largest absolute Gasteiger partial charge is 0.480 e. The Balaban J connectivity index is 2.03. The zero-order valence-corrected chi connectivity index (χ0v) is 11.0. The van der Waals surface area contributed by atoms with E-state index in [9.17, 15) is 4.79 Å². The molecule has 1 aromatic rings. The number of nitrogens with zero attached hydrogens (tertiary/aromatic N) is 2. The zero-order valence-electron chi connectivity index (χ0n) is 11.0. The Morgan fingerprint density at radius 3 is 2.61 bits per heavy atom. The van der Waals surface area contributed by atoms with E-state index in [0.29, 0.717) is 0 Å². The van der Waals surface area contributed by atoms with Crippen molar-refractivity contribution in [2.75, 3.05) is 25.5 Å². The summed E-state index contributed by atoms with van der Waals surface area (Å²) >= 11 is 0. The van der Waals surface area contributed by atoms with Gasteiger partial charge in [0.1, 0.15) is 6.04 Å². The van der Waals surface area contributed by atoms with Gasteiger partial charge in [0, 0.05) is 26.3 Å². The SMILES string of the molecule is CN(C)c1ccc(CN2CCCC2C(=O)O)cc1. The highest BCUT2D eigenvalue weighted by molar-refractivity contribution is 5.73. The molecule has 1 atom stereocenters. The van der Waals surface area contributed by atoms with Gasteiger partial charge in [0.2, 0.25) is 0 Å². The summed E-state index contributed by atoms with van der Waals surface area (Å²) in [5, 5.41) is 9.13. The molecule has 1 unspecified atom stereocenters. The fourth-order valence-electron chi connectivity index (χ4n) is 2.43. The van der Waals surface area contributed by atoms with Gasteiger partial charge in [-0.1, -0.05) is 12.1 Å². The lowest BCUT2D eigenvalue weighted by atomic mass is 10.1. The van der Waals surface area contributed by atoms with Gasteiger partial charge in [-0.15, -0.1) is 0 Å². The van der Waals surface area contributed by atoms with Gasteiger partial charge in [-0.2, -0.15) is 0 Å². The van der Waals surface area contributed by atoms with Crippen LogP contribution in [0, 0.1) is 0 Å². The summed E-state index contributed by atoms with van der Waals surface area (Å²) in [6.45, 7) is 1.61. The lowest BCUT2D eigenvalue weighted by molar-refractivity contribution is -0.142. The molecule has 1 heterocycles. The second-order valence-corrected chi connectivity index (χ2v) is 5.03. The Kier molecular flexibility index (Phi) is 3.87. The molecule has 2 rings (SSSR count). The minimum Gasteiger partial charge on any atom is -0.480 e. The fraction of sp³-hybridized carbons (Fsp3) is 0.500. The van der Waals surface area contributed by atoms with Crippen molar-refractivity contribution < 1.29 is 9.90 Å². The molecule has 18 heavy (non-hydrogen) atoms. The quantitative estimate of drug-likeness (QED) is 0.882. The molecule has 1 fully saturated rings. The number of carboxylic acid groups (broad SMARTS) is 1. The van der Waals surface area contributed by atoms with E-state index < -0.39 is 5.97 Å². The first-order chi connectivity index (χ1) is 8.58. The predicted octanol–water partition coefficient (Wildman–Crippen LogP) is 1.80. The van der Waals surface area contributed by atoms with Crippen LogP contribution in [0.5, 0.6) is 0 Å². The molecule has 98 valence electrons. The number of likely N-dealkylation sites (tertiary alicyclic amines) is 1. The van der Waals surface area contributed by atoms with E-state index >= 15 is 0 Å². The molecule has 4 nitrogen and oxygen atoms in total. The lowest BCUT2D eigenvalue weighted by Crippen LogP contribution is -2.35. The van der Waals surface area contributed by atoms with Crippen LogP contribution in [-0.4, -0.2) is 42.7 Å². The van der Waals surface area contributed by atoms with E-state index in [4.69, 9.17) is 5.11 Å². The van der Waals surface area contributed by atoms with Gasteiger partial charge in [-0.3, -0.25) is 9.69 Å². The Hall–Kier alpha value is -1.55. The second-order valence-electron chi connectivity index (χ2n) is 5.03. The Bertz CT molecular complexity index is 414. The third-order valence-corrected chi connectivity index (χ3v) is 3.49. The summed E-state index contributed by atoms with van der Waals surface area (Å²) in [5.41, 5.74) is 2.34. The molecule has 0 radical (unpaired) electrons. The minimum atomic E-state index is -0.697. The van der Waals surface area contributed by atoms with Gasteiger partial charge in [-0.05, 0) is 37.1 Å². The molecular formula is C14H20N2O2. The molecule has 1 aromatic carbocycles.